The third kappa shape index (κ3) is 3.35. The Hall–Kier alpha value is -1.98. The molecule has 0 bridgehead atoms. The Bertz CT molecular complexity index is 585. The van der Waals surface area contributed by atoms with Crippen molar-refractivity contribution in [3.05, 3.63) is 18.5 Å². The van der Waals surface area contributed by atoms with Gasteiger partial charge in [-0.1, -0.05) is 0 Å². The number of carbonyl (C=O) groups is 1. The maximum Gasteiger partial charge on any atom is 0.410 e. The normalized spacial score (nSPS) is 23.8. The second-order valence-electron chi connectivity index (χ2n) is 7.28. The van der Waals surface area contributed by atoms with Crippen LogP contribution >= 0.6 is 0 Å². The summed E-state index contributed by atoms with van der Waals surface area (Å²) < 4.78 is 10.8. The molecule has 1 amide bonds. The number of hydrogen-bond donors (Lipinski definition) is 0. The number of pyridine rings is 1. The quantitative estimate of drug-likeness (QED) is 0.838. The molecule has 0 aliphatic carbocycles. The van der Waals surface area contributed by atoms with Crippen LogP contribution in [-0.2, 0) is 4.74 Å². The molecule has 0 spiro atoms. The molecule has 6 heteroatoms. The Labute approximate surface area is 137 Å². The van der Waals surface area contributed by atoms with Crippen molar-refractivity contribution in [3.8, 4) is 5.75 Å². The molecule has 2 saturated heterocycles. The molecule has 0 saturated carbocycles. The summed E-state index contributed by atoms with van der Waals surface area (Å²) in [4.78, 5) is 20.8. The second kappa shape index (κ2) is 5.91. The third-order valence-electron chi connectivity index (χ3n) is 4.48. The average molecular weight is 319 g/mol. The van der Waals surface area contributed by atoms with E-state index in [9.17, 15) is 4.79 Å². The number of anilines is 1. The molecule has 3 heterocycles. The average Bonchev–Trinajstić information content (AvgIpc) is 3.05. The Morgan fingerprint density at radius 1 is 1.30 bits per heavy atom. The molecule has 1 aromatic heterocycles. The number of likely N-dealkylation sites (tertiary alicyclic amines) is 1. The number of aromatic nitrogens is 1. The van der Waals surface area contributed by atoms with Crippen LogP contribution in [0.2, 0.25) is 0 Å². The fourth-order valence-corrected chi connectivity index (χ4v) is 3.41. The molecule has 0 unspecified atom stereocenters. The lowest BCUT2D eigenvalue weighted by Crippen LogP contribution is -2.42. The Morgan fingerprint density at radius 3 is 2.78 bits per heavy atom. The Morgan fingerprint density at radius 2 is 2.09 bits per heavy atom. The number of carbonyl (C=O) groups excluding carboxylic acids is 1. The number of hydrogen-bond acceptors (Lipinski definition) is 5. The van der Waals surface area contributed by atoms with Crippen LogP contribution in [0, 0.1) is 5.92 Å². The van der Waals surface area contributed by atoms with Gasteiger partial charge < -0.3 is 19.3 Å². The number of nitrogens with zero attached hydrogens (tertiary/aromatic N) is 3. The van der Waals surface area contributed by atoms with Gasteiger partial charge in [0.15, 0.2) is 0 Å². The van der Waals surface area contributed by atoms with Gasteiger partial charge in [0.25, 0.3) is 0 Å². The minimum absolute atomic E-state index is 0.199. The van der Waals surface area contributed by atoms with Crippen molar-refractivity contribution < 1.29 is 14.3 Å². The van der Waals surface area contributed by atoms with Crippen LogP contribution in [0.15, 0.2) is 18.5 Å². The Balaban J connectivity index is 1.70. The van der Waals surface area contributed by atoms with Gasteiger partial charge in [-0.15, -0.1) is 0 Å². The number of fused-ring (bicyclic) bond motifs is 1. The maximum absolute atomic E-state index is 12.4. The SMILES string of the molecule is COc1cncc(N2C[C@H]3CCN(C(=O)OC(C)(C)C)[C@H]3C2)c1. The highest BCUT2D eigenvalue weighted by Gasteiger charge is 2.44. The molecule has 2 atom stereocenters. The van der Waals surface area contributed by atoms with Gasteiger partial charge in [-0.3, -0.25) is 4.98 Å². The van der Waals surface area contributed by atoms with E-state index in [1.165, 1.54) is 0 Å². The zero-order valence-corrected chi connectivity index (χ0v) is 14.3. The Kier molecular flexibility index (Phi) is 4.08. The van der Waals surface area contributed by atoms with E-state index in [-0.39, 0.29) is 12.1 Å². The predicted octanol–water partition coefficient (Wildman–Crippen LogP) is 2.54. The lowest BCUT2D eigenvalue weighted by molar-refractivity contribution is 0.0229. The van der Waals surface area contributed by atoms with E-state index < -0.39 is 5.60 Å². The number of methoxy groups -OCH3 is 1. The van der Waals surface area contributed by atoms with E-state index in [1.54, 1.807) is 13.3 Å². The molecule has 2 fully saturated rings. The zero-order valence-electron chi connectivity index (χ0n) is 14.3. The minimum atomic E-state index is -0.454. The monoisotopic (exact) mass is 319 g/mol. The van der Waals surface area contributed by atoms with E-state index in [1.807, 2.05) is 37.9 Å². The summed E-state index contributed by atoms with van der Waals surface area (Å²) in [6.45, 7) is 8.26. The van der Waals surface area contributed by atoms with Gasteiger partial charge in [0.2, 0.25) is 0 Å². The molecule has 6 nitrogen and oxygen atoms in total. The highest BCUT2D eigenvalue weighted by Crippen LogP contribution is 2.35. The van der Waals surface area contributed by atoms with Crippen LogP contribution in [-0.4, -0.2) is 54.4 Å². The zero-order chi connectivity index (χ0) is 16.6. The van der Waals surface area contributed by atoms with Gasteiger partial charge in [-0.2, -0.15) is 0 Å². The van der Waals surface area contributed by atoms with Crippen molar-refractivity contribution in [1.82, 2.24) is 9.88 Å². The molecule has 3 rings (SSSR count). The summed E-state index contributed by atoms with van der Waals surface area (Å²) >= 11 is 0. The van der Waals surface area contributed by atoms with E-state index in [0.717, 1.165) is 37.5 Å². The topological polar surface area (TPSA) is 54.9 Å². The first-order valence-corrected chi connectivity index (χ1v) is 8.11. The van der Waals surface area contributed by atoms with Crippen molar-refractivity contribution >= 4 is 11.8 Å². The predicted molar refractivity (Wildman–Crippen MR) is 87.8 cm³/mol. The first-order valence-electron chi connectivity index (χ1n) is 8.11. The van der Waals surface area contributed by atoms with E-state index in [4.69, 9.17) is 9.47 Å². The molecule has 2 aliphatic rings. The molecular weight excluding hydrogens is 294 g/mol. The molecular formula is C17H25N3O3. The lowest BCUT2D eigenvalue weighted by atomic mass is 10.1. The van der Waals surface area contributed by atoms with Crippen LogP contribution in [0.3, 0.4) is 0 Å². The van der Waals surface area contributed by atoms with Gasteiger partial charge in [0, 0.05) is 31.6 Å². The minimum Gasteiger partial charge on any atom is -0.495 e. The molecule has 0 radical (unpaired) electrons. The highest BCUT2D eigenvalue weighted by atomic mass is 16.6. The molecule has 23 heavy (non-hydrogen) atoms. The fourth-order valence-electron chi connectivity index (χ4n) is 3.41. The van der Waals surface area contributed by atoms with Crippen LogP contribution in [0.4, 0.5) is 10.5 Å². The van der Waals surface area contributed by atoms with E-state index in [2.05, 4.69) is 9.88 Å². The summed E-state index contributed by atoms with van der Waals surface area (Å²) in [5.41, 5.74) is 0.590. The van der Waals surface area contributed by atoms with Gasteiger partial charge in [-0.05, 0) is 27.2 Å². The van der Waals surface area contributed by atoms with Crippen LogP contribution in [0.5, 0.6) is 5.75 Å². The summed E-state index contributed by atoms with van der Waals surface area (Å²) in [5, 5.41) is 0. The largest absolute Gasteiger partial charge is 0.495 e. The fraction of sp³-hybridized carbons (Fsp3) is 0.647. The molecule has 0 N–H and O–H groups in total. The van der Waals surface area contributed by atoms with Crippen molar-refractivity contribution in [3.63, 3.8) is 0 Å². The summed E-state index contributed by atoms with van der Waals surface area (Å²) in [7, 11) is 1.64. The van der Waals surface area contributed by atoms with Crippen molar-refractivity contribution in [2.75, 3.05) is 31.6 Å². The standard InChI is InChI=1S/C17H25N3O3/c1-17(2,3)23-16(21)20-6-5-12-10-19(11-15(12)20)13-7-14(22-4)9-18-8-13/h7-9,12,15H,5-6,10-11H2,1-4H3/t12-,15+/m1/s1. The summed E-state index contributed by atoms with van der Waals surface area (Å²) in [6, 6.07) is 2.21. The smallest absolute Gasteiger partial charge is 0.410 e. The molecule has 1 aromatic rings. The first-order chi connectivity index (χ1) is 10.9. The van der Waals surface area contributed by atoms with Gasteiger partial charge in [-0.25, -0.2) is 4.79 Å². The first kappa shape index (κ1) is 15.9. The number of ether oxygens (including phenoxy) is 2. The number of amides is 1. The highest BCUT2D eigenvalue weighted by molar-refractivity contribution is 5.69. The summed E-state index contributed by atoms with van der Waals surface area (Å²) in [5.74, 6) is 1.25. The summed E-state index contributed by atoms with van der Waals surface area (Å²) in [6.07, 6.45) is 4.38. The van der Waals surface area contributed by atoms with Crippen molar-refractivity contribution in [1.29, 1.82) is 0 Å². The molecule has 2 aliphatic heterocycles. The van der Waals surface area contributed by atoms with Crippen LogP contribution in [0.25, 0.3) is 0 Å². The van der Waals surface area contributed by atoms with Crippen molar-refractivity contribution in [2.24, 2.45) is 5.92 Å². The van der Waals surface area contributed by atoms with Gasteiger partial charge in [0.05, 0.1) is 31.2 Å². The lowest BCUT2D eigenvalue weighted by Gasteiger charge is -2.28. The van der Waals surface area contributed by atoms with Crippen LogP contribution < -0.4 is 9.64 Å². The van der Waals surface area contributed by atoms with E-state index >= 15 is 0 Å². The maximum atomic E-state index is 12.4. The van der Waals surface area contributed by atoms with Gasteiger partial charge >= 0.3 is 6.09 Å². The second-order valence-corrected chi connectivity index (χ2v) is 7.28. The molecule has 126 valence electrons. The molecule has 0 aromatic carbocycles. The van der Waals surface area contributed by atoms with Crippen molar-refractivity contribution in [2.45, 2.75) is 38.8 Å². The van der Waals surface area contributed by atoms with Crippen LogP contribution in [0.1, 0.15) is 27.2 Å². The van der Waals surface area contributed by atoms with Gasteiger partial charge in [0.1, 0.15) is 11.4 Å². The third-order valence-corrected chi connectivity index (χ3v) is 4.48. The van der Waals surface area contributed by atoms with E-state index in [0.29, 0.717) is 5.92 Å². The number of rotatable bonds is 2.